The predicted octanol–water partition coefficient (Wildman–Crippen LogP) is 4.32. The van der Waals surface area contributed by atoms with Crippen molar-refractivity contribution in [3.8, 4) is 5.75 Å². The molecule has 5 rings (SSSR count). The molecule has 0 fully saturated rings. The molecule has 2 heterocycles. The highest BCUT2D eigenvalue weighted by molar-refractivity contribution is 14.1. The quantitative estimate of drug-likeness (QED) is 0.483. The Balaban J connectivity index is 1.49. The third kappa shape index (κ3) is 4.26. The zero-order valence-corrected chi connectivity index (χ0v) is 20.2. The first-order valence-electron chi connectivity index (χ1n) is 10.4. The fourth-order valence-corrected chi connectivity index (χ4v) is 5.17. The van der Waals surface area contributed by atoms with Crippen molar-refractivity contribution in [3.05, 3.63) is 87.5 Å². The van der Waals surface area contributed by atoms with E-state index in [1.54, 1.807) is 12.1 Å². The Morgan fingerprint density at radius 1 is 1.00 bits per heavy atom. The number of primary sulfonamides is 1. The molecule has 32 heavy (non-hydrogen) atoms. The van der Waals surface area contributed by atoms with Crippen molar-refractivity contribution in [1.29, 1.82) is 0 Å². The van der Waals surface area contributed by atoms with E-state index in [-0.39, 0.29) is 17.0 Å². The monoisotopic (exact) mass is 559 g/mol. The lowest BCUT2D eigenvalue weighted by molar-refractivity contribution is 0.146. The summed E-state index contributed by atoms with van der Waals surface area (Å²) in [6.45, 7) is 0. The van der Waals surface area contributed by atoms with Crippen LogP contribution < -0.4 is 14.9 Å². The molecule has 164 valence electrons. The lowest BCUT2D eigenvalue weighted by Crippen LogP contribution is -2.43. The van der Waals surface area contributed by atoms with Crippen LogP contribution in [0.1, 0.15) is 24.0 Å². The molecular formula is C24H22IN3O3S. The van der Waals surface area contributed by atoms with E-state index in [4.69, 9.17) is 15.0 Å². The number of hydrazone groups is 1. The molecule has 0 aromatic heterocycles. The minimum absolute atomic E-state index is 0.00188. The summed E-state index contributed by atoms with van der Waals surface area (Å²) in [6, 6.07) is 23.0. The number of nitrogens with two attached hydrogens (primary N) is 1. The van der Waals surface area contributed by atoms with Crippen molar-refractivity contribution in [3.63, 3.8) is 0 Å². The third-order valence-corrected chi connectivity index (χ3v) is 7.58. The van der Waals surface area contributed by atoms with Crippen LogP contribution in [0.25, 0.3) is 0 Å². The van der Waals surface area contributed by atoms with Gasteiger partial charge >= 0.3 is 0 Å². The van der Waals surface area contributed by atoms with Gasteiger partial charge in [-0.1, -0.05) is 30.3 Å². The Hall–Kier alpha value is -2.43. The molecule has 2 N–H and O–H groups in total. The van der Waals surface area contributed by atoms with Crippen molar-refractivity contribution in [2.45, 2.75) is 36.3 Å². The average molecular weight is 559 g/mol. The van der Waals surface area contributed by atoms with Gasteiger partial charge in [0.15, 0.2) is 0 Å². The fourth-order valence-electron chi connectivity index (χ4n) is 4.29. The molecule has 3 aromatic carbocycles. The largest absolute Gasteiger partial charge is 0.488 e. The molecule has 0 amide bonds. The van der Waals surface area contributed by atoms with Gasteiger partial charge < -0.3 is 4.74 Å². The van der Waals surface area contributed by atoms with Crippen LogP contribution in [0.2, 0.25) is 0 Å². The summed E-state index contributed by atoms with van der Waals surface area (Å²) in [6.07, 6.45) is 2.55. The number of hydrogen-bond donors (Lipinski definition) is 1. The maximum atomic E-state index is 11.7. The van der Waals surface area contributed by atoms with Gasteiger partial charge in [-0.25, -0.2) is 13.6 Å². The van der Waals surface area contributed by atoms with Gasteiger partial charge in [-0.3, -0.25) is 5.01 Å². The first kappa shape index (κ1) is 21.4. The number of rotatable bonds is 4. The highest BCUT2D eigenvalue weighted by Gasteiger charge is 2.38. The Bertz CT molecular complexity index is 1270. The highest BCUT2D eigenvalue weighted by Crippen LogP contribution is 2.35. The Kier molecular flexibility index (Phi) is 5.68. The number of anilines is 1. The maximum absolute atomic E-state index is 11.7. The molecule has 2 aliphatic heterocycles. The average Bonchev–Trinajstić information content (AvgIpc) is 3.24. The first-order chi connectivity index (χ1) is 15.4. The van der Waals surface area contributed by atoms with Gasteiger partial charge in [-0.05, 0) is 89.0 Å². The molecule has 0 spiro atoms. The molecule has 2 unspecified atom stereocenters. The fraction of sp³-hybridized carbons (Fsp3) is 0.208. The minimum atomic E-state index is -3.75. The van der Waals surface area contributed by atoms with E-state index in [1.807, 2.05) is 23.2 Å². The van der Waals surface area contributed by atoms with Crippen LogP contribution in [0.3, 0.4) is 0 Å². The standard InChI is InChI=1S/C24H22IN3O3S/c25-18-8-5-16(6-9-18)21-15-22(24-14-7-17-3-1-2-4-23(17)31-24)28(27-21)19-10-12-20(13-11-19)32(26,29)30/h1-6,8-13,22,24H,7,14-15H2,(H2,26,29,30). The molecule has 8 heteroatoms. The molecule has 6 nitrogen and oxygen atoms in total. The summed E-state index contributed by atoms with van der Waals surface area (Å²) in [5, 5.41) is 12.2. The van der Waals surface area contributed by atoms with E-state index >= 15 is 0 Å². The molecule has 2 aliphatic rings. The summed E-state index contributed by atoms with van der Waals surface area (Å²) in [7, 11) is -3.75. The number of benzene rings is 3. The molecule has 0 bridgehead atoms. The van der Waals surface area contributed by atoms with Crippen LogP contribution >= 0.6 is 22.6 Å². The lowest BCUT2D eigenvalue weighted by Gasteiger charge is -2.34. The second-order valence-corrected chi connectivity index (χ2v) is 10.8. The number of fused-ring (bicyclic) bond motifs is 1. The number of para-hydroxylation sites is 1. The van der Waals surface area contributed by atoms with Crippen molar-refractivity contribution in [2.24, 2.45) is 10.2 Å². The van der Waals surface area contributed by atoms with Gasteiger partial charge in [-0.2, -0.15) is 5.10 Å². The molecule has 2 atom stereocenters. The minimum Gasteiger partial charge on any atom is -0.488 e. The first-order valence-corrected chi connectivity index (χ1v) is 13.0. The van der Waals surface area contributed by atoms with Crippen molar-refractivity contribution >= 4 is 44.0 Å². The number of sulfonamides is 1. The summed E-state index contributed by atoms with van der Waals surface area (Å²) < 4.78 is 30.9. The van der Waals surface area contributed by atoms with E-state index < -0.39 is 10.0 Å². The molecule has 3 aromatic rings. The number of nitrogens with zero attached hydrogens (tertiary/aromatic N) is 2. The van der Waals surface area contributed by atoms with Crippen LogP contribution in [0.15, 0.2) is 82.8 Å². The van der Waals surface area contributed by atoms with Crippen molar-refractivity contribution in [2.75, 3.05) is 5.01 Å². The van der Waals surface area contributed by atoms with Gasteiger partial charge in [0.1, 0.15) is 11.9 Å². The summed E-state index contributed by atoms with van der Waals surface area (Å²) >= 11 is 2.29. The van der Waals surface area contributed by atoms with Crippen molar-refractivity contribution < 1.29 is 13.2 Å². The van der Waals surface area contributed by atoms with E-state index in [1.165, 1.54) is 21.3 Å². The van der Waals surface area contributed by atoms with Crippen LogP contribution in [0, 0.1) is 3.57 Å². The van der Waals surface area contributed by atoms with E-state index in [0.717, 1.165) is 42.0 Å². The number of ether oxygens (including phenoxy) is 1. The molecule has 0 radical (unpaired) electrons. The SMILES string of the molecule is NS(=O)(=O)c1ccc(N2N=C(c3ccc(I)cc3)CC2C2CCc3ccccc3O2)cc1. The summed E-state index contributed by atoms with van der Waals surface area (Å²) in [5.41, 5.74) is 4.11. The van der Waals surface area contributed by atoms with Gasteiger partial charge in [0.25, 0.3) is 0 Å². The molecule has 0 aliphatic carbocycles. The Labute approximate surface area is 201 Å². The highest BCUT2D eigenvalue weighted by atomic mass is 127. The molecule has 0 saturated heterocycles. The van der Waals surface area contributed by atoms with Crippen molar-refractivity contribution in [1.82, 2.24) is 0 Å². The van der Waals surface area contributed by atoms with E-state index in [9.17, 15) is 8.42 Å². The number of aryl methyl sites for hydroxylation is 1. The second-order valence-electron chi connectivity index (χ2n) is 8.01. The molecular weight excluding hydrogens is 537 g/mol. The van der Waals surface area contributed by atoms with E-state index in [2.05, 4.69) is 52.9 Å². The Morgan fingerprint density at radius 2 is 1.72 bits per heavy atom. The van der Waals surface area contributed by atoms with E-state index in [0.29, 0.717) is 0 Å². The Morgan fingerprint density at radius 3 is 2.44 bits per heavy atom. The van der Waals surface area contributed by atoms with Gasteiger partial charge in [0, 0.05) is 9.99 Å². The zero-order valence-electron chi connectivity index (χ0n) is 17.2. The van der Waals surface area contributed by atoms with Crippen LogP contribution in [-0.2, 0) is 16.4 Å². The van der Waals surface area contributed by atoms with Crippen LogP contribution in [0.5, 0.6) is 5.75 Å². The third-order valence-electron chi connectivity index (χ3n) is 5.93. The summed E-state index contributed by atoms with van der Waals surface area (Å²) in [4.78, 5) is 0.0849. The summed E-state index contributed by atoms with van der Waals surface area (Å²) in [5.74, 6) is 0.927. The predicted molar refractivity (Wildman–Crippen MR) is 134 cm³/mol. The maximum Gasteiger partial charge on any atom is 0.238 e. The van der Waals surface area contributed by atoms with Gasteiger partial charge in [-0.15, -0.1) is 0 Å². The zero-order chi connectivity index (χ0) is 22.3. The van der Waals surface area contributed by atoms with Crippen LogP contribution in [0.4, 0.5) is 5.69 Å². The van der Waals surface area contributed by atoms with Gasteiger partial charge in [0.05, 0.1) is 22.3 Å². The normalized spacial score (nSPS) is 20.4. The second kappa shape index (κ2) is 8.49. The topological polar surface area (TPSA) is 85.0 Å². The lowest BCUT2D eigenvalue weighted by atomic mass is 9.93. The smallest absolute Gasteiger partial charge is 0.238 e. The molecule has 0 saturated carbocycles. The number of hydrogen-bond acceptors (Lipinski definition) is 5. The van der Waals surface area contributed by atoms with Crippen LogP contribution in [-0.4, -0.2) is 26.3 Å². The van der Waals surface area contributed by atoms with Gasteiger partial charge in [0.2, 0.25) is 10.0 Å². The number of halogens is 1.